The number of rotatable bonds is 5. The predicted octanol–water partition coefficient (Wildman–Crippen LogP) is 2.27. The highest BCUT2D eigenvalue weighted by Gasteiger charge is 2.70. The van der Waals surface area contributed by atoms with E-state index < -0.39 is 46.2 Å². The lowest BCUT2D eigenvalue weighted by atomic mass is 10.1. The van der Waals surface area contributed by atoms with E-state index in [1.54, 1.807) is 0 Å². The Hall–Kier alpha value is -0.453. The zero-order chi connectivity index (χ0) is 14.1. The molecule has 0 aromatic carbocycles. The van der Waals surface area contributed by atoms with Crippen molar-refractivity contribution in [3.05, 3.63) is 0 Å². The van der Waals surface area contributed by atoms with E-state index in [0.717, 1.165) is 0 Å². The molecule has 11 heteroatoms. The molecule has 0 aromatic rings. The topological polar surface area (TPSA) is 20.2 Å². The highest BCUT2D eigenvalue weighted by Crippen LogP contribution is 2.48. The molecule has 0 aliphatic carbocycles. The Bertz CT molecular complexity index is 261. The first-order valence-corrected chi connectivity index (χ1v) is 5.42. The Morgan fingerprint density at radius 3 is 1.47 bits per heavy atom. The average molecular weight is 294 g/mol. The summed E-state index contributed by atoms with van der Waals surface area (Å²) in [4.78, 5) is 7.97. The van der Waals surface area contributed by atoms with Gasteiger partial charge < -0.3 is 4.80 Å². The van der Waals surface area contributed by atoms with Crippen molar-refractivity contribution in [1.29, 1.82) is 0 Å². The maximum absolute atomic E-state index is 12.6. The van der Waals surface area contributed by atoms with E-state index in [4.69, 9.17) is 4.80 Å². The molecule has 1 N–H and O–H groups in total. The molecule has 0 bridgehead atoms. The van der Waals surface area contributed by atoms with Crippen LogP contribution in [0.1, 0.15) is 12.8 Å². The maximum atomic E-state index is 12.6. The monoisotopic (exact) mass is 294 g/mol. The lowest BCUT2D eigenvalue weighted by Gasteiger charge is -2.31. The minimum atomic E-state index is -5.99. The number of halogens is 9. The fourth-order valence-corrected chi connectivity index (χ4v) is 1.28. The van der Waals surface area contributed by atoms with Crippen LogP contribution in [0.5, 0.6) is 0 Å². The van der Waals surface area contributed by atoms with E-state index in [1.165, 1.54) is 0 Å². The van der Waals surface area contributed by atoms with Crippen LogP contribution in [0.15, 0.2) is 0 Å². The van der Waals surface area contributed by atoms with Crippen molar-refractivity contribution >= 4 is 9.76 Å². The van der Waals surface area contributed by atoms with Gasteiger partial charge in [-0.25, -0.2) is 8.78 Å². The lowest BCUT2D eigenvalue weighted by Crippen LogP contribution is -2.57. The van der Waals surface area contributed by atoms with Crippen molar-refractivity contribution in [3.8, 4) is 0 Å². The van der Waals surface area contributed by atoms with Crippen molar-refractivity contribution in [2.45, 2.75) is 36.4 Å². The molecule has 0 heterocycles. The van der Waals surface area contributed by atoms with E-state index in [0.29, 0.717) is 0 Å². The molecule has 0 amide bonds. The predicted molar refractivity (Wildman–Crippen MR) is 40.9 cm³/mol. The van der Waals surface area contributed by atoms with Crippen LogP contribution in [-0.4, -0.2) is 38.1 Å². The summed E-state index contributed by atoms with van der Waals surface area (Å²) in [5, 5.41) is 0. The lowest BCUT2D eigenvalue weighted by molar-refractivity contribution is -0.290. The molecule has 104 valence electrons. The molecule has 0 spiro atoms. The Kier molecular flexibility index (Phi) is 4.54. The molecule has 0 saturated carbocycles. The maximum Gasteiger partial charge on any atom is 0.389 e. The fourth-order valence-electron chi connectivity index (χ4n) is 0.823. The molecule has 0 radical (unpaired) electrons. The highest BCUT2D eigenvalue weighted by molar-refractivity contribution is 6.29. The van der Waals surface area contributed by atoms with Gasteiger partial charge in [0.25, 0.3) is 0 Å². The Morgan fingerprint density at radius 1 is 0.765 bits per heavy atom. The van der Waals surface area contributed by atoms with Crippen LogP contribution >= 0.6 is 0 Å². The second kappa shape index (κ2) is 4.67. The van der Waals surface area contributed by atoms with Crippen molar-refractivity contribution in [2.75, 3.05) is 0 Å². The number of alkyl halides is 9. The molecule has 17 heavy (non-hydrogen) atoms. The SMILES string of the molecule is O[SiH2]C(F)(F)C(F)(F)C(F)(F)CCC(F)(F)F. The zero-order valence-corrected chi connectivity index (χ0v) is 9.38. The standard InChI is InChI=1S/C6H7F9OSi/c7-3(8,1-2-4(9,10)11)5(12,13)6(14,15)17-16/h16H,1-2,17H2. The van der Waals surface area contributed by atoms with Crippen molar-refractivity contribution in [3.63, 3.8) is 0 Å². The summed E-state index contributed by atoms with van der Waals surface area (Å²) in [6, 6.07) is 0. The van der Waals surface area contributed by atoms with E-state index >= 15 is 0 Å². The van der Waals surface area contributed by atoms with Gasteiger partial charge in [-0.3, -0.25) is 0 Å². The Morgan fingerprint density at radius 2 is 1.18 bits per heavy atom. The summed E-state index contributed by atoms with van der Waals surface area (Å²) >= 11 is 0. The first kappa shape index (κ1) is 16.5. The highest BCUT2D eigenvalue weighted by atomic mass is 28.2. The van der Waals surface area contributed by atoms with Crippen LogP contribution in [0.2, 0.25) is 0 Å². The van der Waals surface area contributed by atoms with Crippen LogP contribution in [0.3, 0.4) is 0 Å². The summed E-state index contributed by atoms with van der Waals surface area (Å²) in [5.74, 6) is -11.5. The fraction of sp³-hybridized carbons (Fsp3) is 1.00. The third kappa shape index (κ3) is 3.76. The second-order valence-electron chi connectivity index (χ2n) is 3.26. The summed E-state index contributed by atoms with van der Waals surface area (Å²) in [6.45, 7) is 0. The van der Waals surface area contributed by atoms with Gasteiger partial charge in [0.05, 0.1) is 0 Å². The molecular weight excluding hydrogens is 287 g/mol. The van der Waals surface area contributed by atoms with Crippen LogP contribution in [0.25, 0.3) is 0 Å². The average Bonchev–Trinajstić information content (AvgIpc) is 2.13. The number of hydrogen-bond acceptors (Lipinski definition) is 1. The van der Waals surface area contributed by atoms with Crippen LogP contribution in [0.4, 0.5) is 39.5 Å². The largest absolute Gasteiger partial charge is 0.431 e. The third-order valence-electron chi connectivity index (χ3n) is 1.84. The van der Waals surface area contributed by atoms with Gasteiger partial charge in [-0.05, 0) is 0 Å². The smallest absolute Gasteiger partial charge is 0.389 e. The van der Waals surface area contributed by atoms with Crippen LogP contribution in [-0.2, 0) is 0 Å². The van der Waals surface area contributed by atoms with Gasteiger partial charge in [0.2, 0.25) is 9.76 Å². The van der Waals surface area contributed by atoms with Gasteiger partial charge >= 0.3 is 23.6 Å². The normalized spacial score (nSPS) is 15.9. The van der Waals surface area contributed by atoms with Gasteiger partial charge in [-0.1, -0.05) is 0 Å². The minimum Gasteiger partial charge on any atom is -0.431 e. The van der Waals surface area contributed by atoms with Crippen molar-refractivity contribution in [2.24, 2.45) is 0 Å². The first-order chi connectivity index (χ1) is 7.27. The van der Waals surface area contributed by atoms with Crippen molar-refractivity contribution < 1.29 is 44.3 Å². The summed E-state index contributed by atoms with van der Waals surface area (Å²) in [7, 11) is -3.84. The molecular formula is C6H7F9OSi. The minimum absolute atomic E-state index is 2.32. The van der Waals surface area contributed by atoms with E-state index in [2.05, 4.69) is 0 Å². The molecule has 1 nitrogen and oxygen atoms in total. The molecule has 0 atom stereocenters. The van der Waals surface area contributed by atoms with E-state index in [1.807, 2.05) is 0 Å². The summed E-state index contributed by atoms with van der Waals surface area (Å²) in [6.07, 6.45) is -9.95. The van der Waals surface area contributed by atoms with Crippen molar-refractivity contribution in [1.82, 2.24) is 0 Å². The molecule has 0 unspecified atom stereocenters. The molecule has 0 aromatic heterocycles. The van der Waals surface area contributed by atoms with E-state index in [9.17, 15) is 39.5 Å². The molecule has 0 rings (SSSR count). The third-order valence-corrected chi connectivity index (χ3v) is 2.68. The van der Waals surface area contributed by atoms with Crippen LogP contribution in [0, 0.1) is 0 Å². The number of hydrogen-bond donors (Lipinski definition) is 1. The summed E-state index contributed by atoms with van der Waals surface area (Å²) in [5.41, 5.74) is -5.36. The van der Waals surface area contributed by atoms with Gasteiger partial charge in [0.1, 0.15) is 0 Å². The second-order valence-corrected chi connectivity index (χ2v) is 4.46. The molecule has 0 saturated heterocycles. The molecule has 0 aliphatic rings. The van der Waals surface area contributed by atoms with Gasteiger partial charge in [0.15, 0.2) is 0 Å². The Balaban J connectivity index is 4.92. The van der Waals surface area contributed by atoms with Gasteiger partial charge in [-0.2, -0.15) is 30.7 Å². The quantitative estimate of drug-likeness (QED) is 0.609. The van der Waals surface area contributed by atoms with Gasteiger partial charge in [-0.15, -0.1) is 0 Å². The summed E-state index contributed by atoms with van der Waals surface area (Å²) < 4.78 is 110. The molecule has 0 fully saturated rings. The van der Waals surface area contributed by atoms with E-state index in [-0.39, 0.29) is 0 Å². The van der Waals surface area contributed by atoms with Crippen LogP contribution < -0.4 is 0 Å². The van der Waals surface area contributed by atoms with Gasteiger partial charge in [0, 0.05) is 12.8 Å². The zero-order valence-electron chi connectivity index (χ0n) is 7.97. The first-order valence-electron chi connectivity index (χ1n) is 4.08. The molecule has 0 aliphatic heterocycles. The Labute approximate surface area is 91.5 Å².